The molecule has 1 fully saturated rings. The van der Waals surface area contributed by atoms with E-state index in [0.717, 1.165) is 42.5 Å². The highest BCUT2D eigenvalue weighted by Crippen LogP contribution is 2.31. The zero-order valence-corrected chi connectivity index (χ0v) is 21.7. The molecule has 1 aliphatic heterocycles. The molecule has 3 atom stereocenters. The van der Waals surface area contributed by atoms with Crippen molar-refractivity contribution in [3.63, 3.8) is 0 Å². The molecule has 1 aliphatic rings. The average molecular weight is 531 g/mol. The van der Waals surface area contributed by atoms with Gasteiger partial charge in [0.25, 0.3) is 0 Å². The number of benzene rings is 2. The number of rotatable bonds is 12. The molecule has 0 radical (unpaired) electrons. The molecule has 1 saturated heterocycles. The normalized spacial score (nSPS) is 18.5. The standard InChI is InChI=1S/C26H34Cl3NO4/c1-2-25(21-6-3-7-22(27)20(21)9-11-26(32)33)34-16-19(31)15-30-12-4-5-18(30)13-17-8-10-23(28)24(29)14-17/h3,6-8,10,14,18-19,25-26,31-33H,2,4-5,9,11-13,15-16H2,1H3/t18-,19?,25?/m0/s1. The molecule has 0 amide bonds. The van der Waals surface area contributed by atoms with Gasteiger partial charge in [-0.1, -0.05) is 59.9 Å². The summed E-state index contributed by atoms with van der Waals surface area (Å²) >= 11 is 18.6. The largest absolute Gasteiger partial charge is 0.389 e. The third kappa shape index (κ3) is 7.81. The van der Waals surface area contributed by atoms with Crippen LogP contribution >= 0.6 is 34.8 Å². The van der Waals surface area contributed by atoms with Crippen LogP contribution in [-0.2, 0) is 17.6 Å². The van der Waals surface area contributed by atoms with E-state index in [9.17, 15) is 15.3 Å². The van der Waals surface area contributed by atoms with Crippen LogP contribution in [-0.4, -0.2) is 58.4 Å². The van der Waals surface area contributed by atoms with Crippen LogP contribution in [0, 0.1) is 0 Å². The first kappa shape index (κ1) is 27.7. The second kappa shape index (κ2) is 13.4. The lowest BCUT2D eigenvalue weighted by Gasteiger charge is -2.28. The number of hydrogen-bond acceptors (Lipinski definition) is 5. The first-order chi connectivity index (χ1) is 16.3. The molecule has 2 aromatic rings. The van der Waals surface area contributed by atoms with Gasteiger partial charge in [0.05, 0.1) is 28.9 Å². The van der Waals surface area contributed by atoms with Crippen LogP contribution in [0.2, 0.25) is 15.1 Å². The molecule has 3 rings (SSSR count). The van der Waals surface area contributed by atoms with Crippen molar-refractivity contribution in [2.45, 2.75) is 70.0 Å². The van der Waals surface area contributed by atoms with E-state index >= 15 is 0 Å². The molecule has 0 spiro atoms. The minimum atomic E-state index is -1.38. The third-order valence-electron chi connectivity index (χ3n) is 6.41. The molecule has 1 heterocycles. The van der Waals surface area contributed by atoms with Gasteiger partial charge in [-0.3, -0.25) is 4.90 Å². The van der Waals surface area contributed by atoms with Crippen LogP contribution in [0.25, 0.3) is 0 Å². The molecule has 34 heavy (non-hydrogen) atoms. The summed E-state index contributed by atoms with van der Waals surface area (Å²) in [6.45, 7) is 3.73. The fourth-order valence-corrected chi connectivity index (χ4v) is 5.29. The van der Waals surface area contributed by atoms with Crippen molar-refractivity contribution in [1.29, 1.82) is 0 Å². The smallest absolute Gasteiger partial charge is 0.151 e. The van der Waals surface area contributed by atoms with Crippen molar-refractivity contribution >= 4 is 34.8 Å². The third-order valence-corrected chi connectivity index (χ3v) is 7.51. The monoisotopic (exact) mass is 529 g/mol. The van der Waals surface area contributed by atoms with Crippen LogP contribution in [0.4, 0.5) is 0 Å². The topological polar surface area (TPSA) is 73.2 Å². The highest BCUT2D eigenvalue weighted by Gasteiger charge is 2.27. The first-order valence-corrected chi connectivity index (χ1v) is 13.0. The molecule has 0 saturated carbocycles. The molecule has 0 aliphatic carbocycles. The van der Waals surface area contributed by atoms with Gasteiger partial charge in [0.15, 0.2) is 6.29 Å². The van der Waals surface area contributed by atoms with Gasteiger partial charge in [0, 0.05) is 24.0 Å². The number of likely N-dealkylation sites (tertiary alicyclic amines) is 1. The Morgan fingerprint density at radius 3 is 2.56 bits per heavy atom. The maximum atomic E-state index is 10.8. The summed E-state index contributed by atoms with van der Waals surface area (Å²) in [5.74, 6) is 0. The Labute approximate surface area is 217 Å². The second-order valence-electron chi connectivity index (χ2n) is 8.95. The molecule has 0 bridgehead atoms. The quantitative estimate of drug-likeness (QED) is 0.319. The fourth-order valence-electron chi connectivity index (χ4n) is 4.70. The van der Waals surface area contributed by atoms with Crippen molar-refractivity contribution in [2.24, 2.45) is 0 Å². The fraction of sp³-hybridized carbons (Fsp3) is 0.538. The number of halogens is 3. The maximum absolute atomic E-state index is 10.8. The van der Waals surface area contributed by atoms with Crippen molar-refractivity contribution in [3.05, 3.63) is 68.2 Å². The number of hydrogen-bond donors (Lipinski definition) is 3. The molecule has 3 N–H and O–H groups in total. The van der Waals surface area contributed by atoms with Crippen LogP contribution in [0.15, 0.2) is 36.4 Å². The molecular formula is C26H34Cl3NO4. The van der Waals surface area contributed by atoms with E-state index in [1.807, 2.05) is 37.3 Å². The van der Waals surface area contributed by atoms with Gasteiger partial charge in [0.1, 0.15) is 0 Å². The number of aliphatic hydroxyl groups excluding tert-OH is 2. The molecule has 188 valence electrons. The minimum Gasteiger partial charge on any atom is -0.389 e. The van der Waals surface area contributed by atoms with E-state index in [4.69, 9.17) is 39.5 Å². The van der Waals surface area contributed by atoms with Crippen LogP contribution in [0.3, 0.4) is 0 Å². The first-order valence-electron chi connectivity index (χ1n) is 11.9. The SMILES string of the molecule is CCC(OCC(O)CN1CCC[C@H]1Cc1ccc(Cl)c(Cl)c1)c1cccc(Cl)c1CCC(O)O. The zero-order valence-electron chi connectivity index (χ0n) is 19.5. The lowest BCUT2D eigenvalue weighted by atomic mass is 9.97. The molecular weight excluding hydrogens is 497 g/mol. The van der Waals surface area contributed by atoms with Crippen molar-refractivity contribution in [2.75, 3.05) is 19.7 Å². The molecule has 5 nitrogen and oxygen atoms in total. The van der Waals surface area contributed by atoms with E-state index < -0.39 is 12.4 Å². The lowest BCUT2D eigenvalue weighted by Crippen LogP contribution is -2.39. The van der Waals surface area contributed by atoms with Crippen molar-refractivity contribution in [3.8, 4) is 0 Å². The van der Waals surface area contributed by atoms with Crippen LogP contribution in [0.1, 0.15) is 55.4 Å². The van der Waals surface area contributed by atoms with Crippen LogP contribution < -0.4 is 0 Å². The Hall–Kier alpha value is -0.890. The van der Waals surface area contributed by atoms with Crippen LogP contribution in [0.5, 0.6) is 0 Å². The average Bonchev–Trinajstić information content (AvgIpc) is 3.22. The summed E-state index contributed by atoms with van der Waals surface area (Å²) in [6, 6.07) is 11.7. The number of β-amino-alcohol motifs (C(OH)–C–C–N with tert-alkyl or cyclic N) is 1. The number of ether oxygens (including phenoxy) is 1. The van der Waals surface area contributed by atoms with Gasteiger partial charge < -0.3 is 20.1 Å². The van der Waals surface area contributed by atoms with Crippen molar-refractivity contribution in [1.82, 2.24) is 4.90 Å². The summed E-state index contributed by atoms with van der Waals surface area (Å²) in [5.41, 5.74) is 2.94. The van der Waals surface area contributed by atoms with E-state index in [-0.39, 0.29) is 19.1 Å². The highest BCUT2D eigenvalue weighted by atomic mass is 35.5. The number of nitrogens with zero attached hydrogens (tertiary/aromatic N) is 1. The Morgan fingerprint density at radius 2 is 1.85 bits per heavy atom. The highest BCUT2D eigenvalue weighted by molar-refractivity contribution is 6.42. The maximum Gasteiger partial charge on any atom is 0.151 e. The lowest BCUT2D eigenvalue weighted by molar-refractivity contribution is -0.0451. The van der Waals surface area contributed by atoms with E-state index in [1.54, 1.807) is 6.07 Å². The van der Waals surface area contributed by atoms with E-state index in [1.165, 1.54) is 0 Å². The predicted molar refractivity (Wildman–Crippen MR) is 138 cm³/mol. The van der Waals surface area contributed by atoms with E-state index in [2.05, 4.69) is 4.90 Å². The Morgan fingerprint density at radius 1 is 1.06 bits per heavy atom. The summed E-state index contributed by atoms with van der Waals surface area (Å²) in [4.78, 5) is 2.32. The molecule has 2 aromatic carbocycles. The van der Waals surface area contributed by atoms with Gasteiger partial charge in [-0.15, -0.1) is 0 Å². The summed E-state index contributed by atoms with van der Waals surface area (Å²) < 4.78 is 6.14. The summed E-state index contributed by atoms with van der Waals surface area (Å²) in [6.07, 6.45) is 2.16. The molecule has 0 aromatic heterocycles. The Balaban J connectivity index is 1.57. The van der Waals surface area contributed by atoms with E-state index in [0.29, 0.717) is 40.5 Å². The Bertz CT molecular complexity index is 927. The second-order valence-corrected chi connectivity index (χ2v) is 10.2. The van der Waals surface area contributed by atoms with Gasteiger partial charge in [0.2, 0.25) is 0 Å². The predicted octanol–water partition coefficient (Wildman–Crippen LogP) is 5.43. The van der Waals surface area contributed by atoms with Gasteiger partial charge in [-0.25, -0.2) is 0 Å². The molecule has 8 heteroatoms. The zero-order chi connectivity index (χ0) is 24.7. The van der Waals surface area contributed by atoms with Crippen molar-refractivity contribution < 1.29 is 20.1 Å². The summed E-state index contributed by atoms with van der Waals surface area (Å²) in [5, 5.41) is 31.0. The minimum absolute atomic E-state index is 0.199. The molecule has 2 unspecified atom stereocenters. The van der Waals surface area contributed by atoms with Gasteiger partial charge in [-0.2, -0.15) is 0 Å². The van der Waals surface area contributed by atoms with Gasteiger partial charge in [-0.05, 0) is 73.5 Å². The summed E-state index contributed by atoms with van der Waals surface area (Å²) in [7, 11) is 0. The number of aliphatic hydroxyl groups is 3. The Kier molecular flexibility index (Phi) is 10.9. The van der Waals surface area contributed by atoms with Gasteiger partial charge >= 0.3 is 0 Å².